The predicted molar refractivity (Wildman–Crippen MR) is 79.2 cm³/mol. The quantitative estimate of drug-likeness (QED) is 0.674. The first-order valence-electron chi connectivity index (χ1n) is 6.93. The summed E-state index contributed by atoms with van der Waals surface area (Å²) in [5.74, 6) is -1.71. The van der Waals surface area contributed by atoms with E-state index >= 15 is 0 Å². The fraction of sp³-hybridized carbons (Fsp3) is 0.312. The first kappa shape index (κ1) is 15.8. The van der Waals surface area contributed by atoms with Gasteiger partial charge in [-0.2, -0.15) is 0 Å². The van der Waals surface area contributed by atoms with Crippen LogP contribution in [-0.2, 0) is 14.3 Å². The molecule has 6 heteroatoms. The van der Waals surface area contributed by atoms with Gasteiger partial charge in [0.15, 0.2) is 0 Å². The molecule has 1 atom stereocenters. The Balaban J connectivity index is 2.03. The SMILES string of the molecule is COC(=O)c1ccc(/C=C/C(=O)N2CCCC2C(=O)O)cc1. The molecule has 6 nitrogen and oxygen atoms in total. The second-order valence-electron chi connectivity index (χ2n) is 4.97. The van der Waals surface area contributed by atoms with Crippen molar-refractivity contribution in [3.63, 3.8) is 0 Å². The summed E-state index contributed by atoms with van der Waals surface area (Å²) in [7, 11) is 1.31. The van der Waals surface area contributed by atoms with Gasteiger partial charge in [0.1, 0.15) is 6.04 Å². The number of carbonyl (C=O) groups is 3. The van der Waals surface area contributed by atoms with E-state index in [2.05, 4.69) is 4.74 Å². The highest BCUT2D eigenvalue weighted by atomic mass is 16.5. The van der Waals surface area contributed by atoms with Crippen LogP contribution in [0.15, 0.2) is 30.3 Å². The number of carbonyl (C=O) groups excluding carboxylic acids is 2. The van der Waals surface area contributed by atoms with Crippen LogP contribution in [0.4, 0.5) is 0 Å². The fourth-order valence-corrected chi connectivity index (χ4v) is 2.40. The third kappa shape index (κ3) is 3.52. The van der Waals surface area contributed by atoms with Gasteiger partial charge in [0.25, 0.3) is 0 Å². The number of hydrogen-bond acceptors (Lipinski definition) is 4. The standard InChI is InChI=1S/C16H17NO5/c1-22-16(21)12-7-4-11(5-8-12)6-9-14(18)17-10-2-3-13(17)15(19)20/h4-9,13H,2-3,10H2,1H3,(H,19,20)/b9-6+. The van der Waals surface area contributed by atoms with Crippen LogP contribution in [0.3, 0.4) is 0 Å². The summed E-state index contributed by atoms with van der Waals surface area (Å²) >= 11 is 0. The van der Waals surface area contributed by atoms with Gasteiger partial charge in [-0.05, 0) is 36.6 Å². The number of nitrogens with zero attached hydrogens (tertiary/aromatic N) is 1. The first-order valence-corrected chi connectivity index (χ1v) is 6.93. The van der Waals surface area contributed by atoms with Gasteiger partial charge in [-0.3, -0.25) is 4.79 Å². The van der Waals surface area contributed by atoms with Crippen molar-refractivity contribution in [2.75, 3.05) is 13.7 Å². The molecule has 2 rings (SSSR count). The van der Waals surface area contributed by atoms with Gasteiger partial charge in [-0.15, -0.1) is 0 Å². The van der Waals surface area contributed by atoms with Crippen molar-refractivity contribution in [1.82, 2.24) is 4.90 Å². The Morgan fingerprint density at radius 3 is 2.55 bits per heavy atom. The molecule has 0 aliphatic carbocycles. The monoisotopic (exact) mass is 303 g/mol. The zero-order chi connectivity index (χ0) is 16.1. The molecule has 1 fully saturated rings. The number of methoxy groups -OCH3 is 1. The van der Waals surface area contributed by atoms with Gasteiger partial charge in [0, 0.05) is 12.6 Å². The van der Waals surface area contributed by atoms with E-state index < -0.39 is 18.0 Å². The third-order valence-corrected chi connectivity index (χ3v) is 3.57. The van der Waals surface area contributed by atoms with Gasteiger partial charge in [-0.25, -0.2) is 9.59 Å². The second kappa shape index (κ2) is 6.89. The van der Waals surface area contributed by atoms with Crippen molar-refractivity contribution in [2.45, 2.75) is 18.9 Å². The van der Waals surface area contributed by atoms with Crippen molar-refractivity contribution in [2.24, 2.45) is 0 Å². The van der Waals surface area contributed by atoms with Gasteiger partial charge in [0.2, 0.25) is 5.91 Å². The highest BCUT2D eigenvalue weighted by Crippen LogP contribution is 2.18. The van der Waals surface area contributed by atoms with E-state index in [4.69, 9.17) is 5.11 Å². The Bertz CT molecular complexity index is 605. The van der Waals surface area contributed by atoms with E-state index in [9.17, 15) is 14.4 Å². The minimum absolute atomic E-state index is 0.318. The Kier molecular flexibility index (Phi) is 4.93. The fourth-order valence-electron chi connectivity index (χ4n) is 2.40. The molecule has 1 saturated heterocycles. The molecule has 0 aromatic heterocycles. The Morgan fingerprint density at radius 1 is 1.27 bits per heavy atom. The van der Waals surface area contributed by atoms with Crippen LogP contribution in [0.5, 0.6) is 0 Å². The van der Waals surface area contributed by atoms with E-state index in [0.29, 0.717) is 24.9 Å². The van der Waals surface area contributed by atoms with Crippen molar-refractivity contribution in [1.29, 1.82) is 0 Å². The highest BCUT2D eigenvalue weighted by molar-refractivity contribution is 5.95. The van der Waals surface area contributed by atoms with Gasteiger partial charge >= 0.3 is 11.9 Å². The summed E-state index contributed by atoms with van der Waals surface area (Å²) in [5, 5.41) is 9.06. The maximum Gasteiger partial charge on any atom is 0.337 e. The molecule has 1 aromatic carbocycles. The smallest absolute Gasteiger partial charge is 0.337 e. The Hall–Kier alpha value is -2.63. The molecule has 1 aromatic rings. The molecule has 116 valence electrons. The molecule has 1 unspecified atom stereocenters. The van der Waals surface area contributed by atoms with Gasteiger partial charge < -0.3 is 14.7 Å². The maximum absolute atomic E-state index is 12.1. The number of hydrogen-bond donors (Lipinski definition) is 1. The van der Waals surface area contributed by atoms with E-state index in [-0.39, 0.29) is 5.91 Å². The molecule has 0 saturated carbocycles. The number of aliphatic carboxylic acids is 1. The predicted octanol–water partition coefficient (Wildman–Crippen LogP) is 1.56. The molecule has 1 N–H and O–H groups in total. The lowest BCUT2D eigenvalue weighted by atomic mass is 10.1. The summed E-state index contributed by atoms with van der Waals surface area (Å²) in [6.07, 6.45) is 4.14. The number of likely N-dealkylation sites (tertiary alicyclic amines) is 1. The van der Waals surface area contributed by atoms with Crippen LogP contribution >= 0.6 is 0 Å². The van der Waals surface area contributed by atoms with Crippen molar-refractivity contribution >= 4 is 23.9 Å². The molecule has 0 spiro atoms. The average molecular weight is 303 g/mol. The summed E-state index contributed by atoms with van der Waals surface area (Å²) in [6, 6.07) is 5.85. The van der Waals surface area contributed by atoms with Crippen LogP contribution in [0.25, 0.3) is 6.08 Å². The summed E-state index contributed by atoms with van der Waals surface area (Å²) in [5.41, 5.74) is 1.17. The Labute approximate surface area is 128 Å². The van der Waals surface area contributed by atoms with Crippen LogP contribution in [0.2, 0.25) is 0 Å². The molecular formula is C16H17NO5. The molecule has 1 aliphatic rings. The Morgan fingerprint density at radius 2 is 1.95 bits per heavy atom. The molecule has 0 radical (unpaired) electrons. The minimum atomic E-state index is -0.971. The zero-order valence-corrected chi connectivity index (χ0v) is 12.2. The van der Waals surface area contributed by atoms with E-state index in [1.165, 1.54) is 18.1 Å². The van der Waals surface area contributed by atoms with E-state index in [0.717, 1.165) is 5.56 Å². The zero-order valence-electron chi connectivity index (χ0n) is 12.2. The van der Waals surface area contributed by atoms with E-state index in [1.54, 1.807) is 30.3 Å². The normalized spacial score (nSPS) is 17.7. The first-order chi connectivity index (χ1) is 10.5. The highest BCUT2D eigenvalue weighted by Gasteiger charge is 2.32. The lowest BCUT2D eigenvalue weighted by Gasteiger charge is -2.19. The number of carboxylic acid groups (broad SMARTS) is 1. The number of benzene rings is 1. The van der Waals surface area contributed by atoms with Crippen LogP contribution < -0.4 is 0 Å². The number of esters is 1. The number of ether oxygens (including phenoxy) is 1. The molecule has 1 amide bonds. The van der Waals surface area contributed by atoms with Crippen molar-refractivity contribution in [3.8, 4) is 0 Å². The largest absolute Gasteiger partial charge is 0.480 e. The maximum atomic E-state index is 12.1. The van der Waals surface area contributed by atoms with Crippen LogP contribution in [-0.4, -0.2) is 47.5 Å². The number of amides is 1. The number of carboxylic acids is 1. The summed E-state index contributed by atoms with van der Waals surface area (Å²) in [6.45, 7) is 0.460. The molecule has 22 heavy (non-hydrogen) atoms. The molecule has 1 aliphatic heterocycles. The number of rotatable bonds is 4. The lowest BCUT2D eigenvalue weighted by Crippen LogP contribution is -2.39. The molecule has 1 heterocycles. The molecular weight excluding hydrogens is 286 g/mol. The van der Waals surface area contributed by atoms with E-state index in [1.807, 2.05) is 0 Å². The average Bonchev–Trinajstić information content (AvgIpc) is 3.02. The summed E-state index contributed by atoms with van der Waals surface area (Å²) < 4.78 is 4.60. The molecule has 0 bridgehead atoms. The van der Waals surface area contributed by atoms with Crippen LogP contribution in [0, 0.1) is 0 Å². The van der Waals surface area contributed by atoms with Crippen molar-refractivity contribution in [3.05, 3.63) is 41.5 Å². The third-order valence-electron chi connectivity index (χ3n) is 3.57. The van der Waals surface area contributed by atoms with Gasteiger partial charge in [0.05, 0.1) is 12.7 Å². The second-order valence-corrected chi connectivity index (χ2v) is 4.97. The van der Waals surface area contributed by atoms with Crippen molar-refractivity contribution < 1.29 is 24.2 Å². The van der Waals surface area contributed by atoms with Crippen LogP contribution in [0.1, 0.15) is 28.8 Å². The lowest BCUT2D eigenvalue weighted by molar-refractivity contribution is -0.146. The topological polar surface area (TPSA) is 83.9 Å². The minimum Gasteiger partial charge on any atom is -0.480 e. The van der Waals surface area contributed by atoms with Gasteiger partial charge in [-0.1, -0.05) is 12.1 Å². The summed E-state index contributed by atoms with van der Waals surface area (Å²) in [4.78, 5) is 35.8.